The molecule has 2 aromatic rings. The highest BCUT2D eigenvalue weighted by atomic mass is 35.5. The Hall–Kier alpha value is -2.55. The van der Waals surface area contributed by atoms with E-state index in [0.717, 1.165) is 10.9 Å². The number of hydrogen-bond donors (Lipinski definition) is 1. The van der Waals surface area contributed by atoms with Crippen molar-refractivity contribution in [3.63, 3.8) is 0 Å². The number of hydrogen-bond acceptors (Lipinski definition) is 6. The number of rotatable bonds is 3. The van der Waals surface area contributed by atoms with Gasteiger partial charge in [0.15, 0.2) is 0 Å². The Labute approximate surface area is 104 Å². The number of nitro groups is 1. The zero-order chi connectivity index (χ0) is 13.3. The average Bonchev–Trinajstić information content (AvgIpc) is 2.75. The fourth-order valence-electron chi connectivity index (χ4n) is 1.18. The molecule has 2 heterocycles. The van der Waals surface area contributed by atoms with Gasteiger partial charge in [-0.2, -0.15) is 9.78 Å². The molecule has 1 N–H and O–H groups in total. The second-order valence-corrected chi connectivity index (χ2v) is 3.51. The average molecular weight is 270 g/mol. The number of halogens is 1. The minimum Gasteiger partial charge on any atom is -0.476 e. The van der Waals surface area contributed by atoms with Crippen LogP contribution in [0.3, 0.4) is 0 Å². The number of carboxylic acids is 1. The molecule has 0 aliphatic carbocycles. The number of aromatic nitrogens is 4. The fraction of sp³-hybridized carbons (Fsp3) is 0. The van der Waals surface area contributed by atoms with Gasteiger partial charge in [-0.3, -0.25) is 10.1 Å². The maximum atomic E-state index is 10.8. The van der Waals surface area contributed by atoms with Crippen LogP contribution in [0.2, 0.25) is 5.02 Å². The molecular formula is C8H4ClN5O4. The van der Waals surface area contributed by atoms with Gasteiger partial charge >= 0.3 is 11.7 Å². The molecule has 0 amide bonds. The molecule has 92 valence electrons. The number of nitrogens with zero attached hydrogens (tertiary/aromatic N) is 5. The monoisotopic (exact) mass is 269 g/mol. The molecule has 0 aliphatic heterocycles. The summed E-state index contributed by atoms with van der Waals surface area (Å²) in [5, 5.41) is 23.2. The van der Waals surface area contributed by atoms with Crippen LogP contribution in [0.1, 0.15) is 10.5 Å². The first-order valence-corrected chi connectivity index (χ1v) is 4.82. The van der Waals surface area contributed by atoms with Crippen LogP contribution in [-0.4, -0.2) is 35.7 Å². The van der Waals surface area contributed by atoms with Gasteiger partial charge in [-0.25, -0.2) is 14.8 Å². The molecular weight excluding hydrogens is 266 g/mol. The van der Waals surface area contributed by atoms with Gasteiger partial charge in [-0.15, -0.1) is 0 Å². The summed E-state index contributed by atoms with van der Waals surface area (Å²) in [6, 6.07) is 0. The Kier molecular flexibility index (Phi) is 2.90. The van der Waals surface area contributed by atoms with E-state index in [-0.39, 0.29) is 11.0 Å². The van der Waals surface area contributed by atoms with Crippen LogP contribution < -0.4 is 0 Å². The highest BCUT2D eigenvalue weighted by molar-refractivity contribution is 6.30. The Morgan fingerprint density at radius 1 is 1.44 bits per heavy atom. The van der Waals surface area contributed by atoms with Crippen molar-refractivity contribution < 1.29 is 14.8 Å². The number of carbonyl (C=O) groups is 1. The van der Waals surface area contributed by atoms with Crippen LogP contribution >= 0.6 is 11.6 Å². The van der Waals surface area contributed by atoms with Crippen molar-refractivity contribution in [2.45, 2.75) is 0 Å². The van der Waals surface area contributed by atoms with Crippen molar-refractivity contribution in [2.24, 2.45) is 0 Å². The topological polar surface area (TPSA) is 124 Å². The maximum Gasteiger partial charge on any atom is 0.363 e. The lowest BCUT2D eigenvalue weighted by Crippen LogP contribution is -2.04. The van der Waals surface area contributed by atoms with Crippen LogP contribution in [0, 0.1) is 10.1 Å². The van der Waals surface area contributed by atoms with Gasteiger partial charge in [0.1, 0.15) is 6.20 Å². The Bertz CT molecular complexity index is 591. The summed E-state index contributed by atoms with van der Waals surface area (Å²) in [7, 11) is 0. The summed E-state index contributed by atoms with van der Waals surface area (Å²) in [5.41, 5.74) is -1.32. The molecule has 0 aliphatic rings. The van der Waals surface area contributed by atoms with Crippen molar-refractivity contribution in [1.82, 2.24) is 19.7 Å². The Balaban J connectivity index is 2.53. The fourth-order valence-corrected chi connectivity index (χ4v) is 1.27. The first-order valence-electron chi connectivity index (χ1n) is 4.44. The number of aromatic carboxylic acids is 1. The normalized spacial score (nSPS) is 10.3. The van der Waals surface area contributed by atoms with E-state index >= 15 is 0 Å². The molecule has 0 spiro atoms. The van der Waals surface area contributed by atoms with Gasteiger partial charge in [0.05, 0.1) is 22.3 Å². The third-order valence-electron chi connectivity index (χ3n) is 1.91. The molecule has 0 saturated heterocycles. The molecule has 0 bridgehead atoms. The van der Waals surface area contributed by atoms with E-state index in [9.17, 15) is 14.9 Å². The highest BCUT2D eigenvalue weighted by Crippen LogP contribution is 2.18. The lowest BCUT2D eigenvalue weighted by Gasteiger charge is -1.96. The molecule has 0 fully saturated rings. The van der Waals surface area contributed by atoms with Crippen LogP contribution in [0.5, 0.6) is 0 Å². The number of carboxylic acid groups (broad SMARTS) is 1. The lowest BCUT2D eigenvalue weighted by molar-refractivity contribution is -0.385. The Morgan fingerprint density at radius 2 is 2.06 bits per heavy atom. The van der Waals surface area contributed by atoms with Gasteiger partial charge in [-0.1, -0.05) is 11.6 Å². The molecule has 10 heteroatoms. The van der Waals surface area contributed by atoms with E-state index in [1.807, 2.05) is 0 Å². The van der Waals surface area contributed by atoms with E-state index in [4.69, 9.17) is 16.7 Å². The van der Waals surface area contributed by atoms with Gasteiger partial charge in [0.2, 0.25) is 5.69 Å². The van der Waals surface area contributed by atoms with Gasteiger partial charge in [-0.05, 0) is 0 Å². The third-order valence-corrected chi connectivity index (χ3v) is 2.10. The molecule has 0 aromatic carbocycles. The van der Waals surface area contributed by atoms with Crippen molar-refractivity contribution in [1.29, 1.82) is 0 Å². The molecule has 0 unspecified atom stereocenters. The van der Waals surface area contributed by atoms with Crippen LogP contribution in [0.25, 0.3) is 5.95 Å². The zero-order valence-corrected chi connectivity index (χ0v) is 9.27. The van der Waals surface area contributed by atoms with Crippen LogP contribution in [-0.2, 0) is 0 Å². The summed E-state index contributed by atoms with van der Waals surface area (Å²) < 4.78 is 0.901. The second kappa shape index (κ2) is 4.37. The molecule has 9 nitrogen and oxygen atoms in total. The molecule has 0 saturated carbocycles. The quantitative estimate of drug-likeness (QED) is 0.649. The standard InChI is InChI=1S/C8H4ClN5O4/c9-4-1-10-8(11-2-4)13-3-5(14(17)18)6(12-13)7(15)16/h1-3H,(H,15,16). The van der Waals surface area contributed by atoms with Gasteiger partial charge in [0, 0.05) is 0 Å². The molecule has 2 aromatic heterocycles. The predicted octanol–water partition coefficient (Wildman–Crippen LogP) is 0.922. The minimum absolute atomic E-state index is 0.0185. The molecule has 0 radical (unpaired) electrons. The van der Waals surface area contributed by atoms with E-state index in [2.05, 4.69) is 15.1 Å². The Morgan fingerprint density at radius 3 is 2.50 bits per heavy atom. The van der Waals surface area contributed by atoms with E-state index in [0.29, 0.717) is 0 Å². The van der Waals surface area contributed by atoms with Crippen LogP contribution in [0.15, 0.2) is 18.6 Å². The first-order chi connectivity index (χ1) is 8.49. The SMILES string of the molecule is O=C(O)c1nn(-c2ncc(Cl)cn2)cc1[N+](=O)[O-]. The predicted molar refractivity (Wildman–Crippen MR) is 57.8 cm³/mol. The van der Waals surface area contributed by atoms with E-state index < -0.39 is 22.3 Å². The minimum atomic E-state index is -1.51. The maximum absolute atomic E-state index is 10.8. The van der Waals surface area contributed by atoms with E-state index in [1.165, 1.54) is 12.4 Å². The largest absolute Gasteiger partial charge is 0.476 e. The zero-order valence-electron chi connectivity index (χ0n) is 8.52. The summed E-state index contributed by atoms with van der Waals surface area (Å²) in [6.07, 6.45) is 3.45. The highest BCUT2D eigenvalue weighted by Gasteiger charge is 2.26. The summed E-state index contributed by atoms with van der Waals surface area (Å²) >= 11 is 5.58. The molecule has 18 heavy (non-hydrogen) atoms. The smallest absolute Gasteiger partial charge is 0.363 e. The lowest BCUT2D eigenvalue weighted by atomic mass is 10.4. The van der Waals surface area contributed by atoms with E-state index in [1.54, 1.807) is 0 Å². The van der Waals surface area contributed by atoms with Gasteiger partial charge in [0.25, 0.3) is 5.95 Å². The third kappa shape index (κ3) is 2.11. The van der Waals surface area contributed by atoms with Crippen molar-refractivity contribution in [3.05, 3.63) is 39.4 Å². The van der Waals surface area contributed by atoms with Crippen molar-refractivity contribution >= 4 is 23.3 Å². The summed E-state index contributed by atoms with van der Waals surface area (Å²) in [6.45, 7) is 0. The van der Waals surface area contributed by atoms with Crippen molar-refractivity contribution in [2.75, 3.05) is 0 Å². The molecule has 0 atom stereocenters. The summed E-state index contributed by atoms with van der Waals surface area (Å²) in [4.78, 5) is 28.1. The molecule has 2 rings (SSSR count). The first kappa shape index (κ1) is 11.9. The second-order valence-electron chi connectivity index (χ2n) is 3.07. The van der Waals surface area contributed by atoms with Crippen LogP contribution in [0.4, 0.5) is 5.69 Å². The van der Waals surface area contributed by atoms with Crippen molar-refractivity contribution in [3.8, 4) is 5.95 Å². The van der Waals surface area contributed by atoms with Gasteiger partial charge < -0.3 is 5.11 Å². The summed E-state index contributed by atoms with van der Waals surface area (Å²) in [5.74, 6) is -1.52.